The van der Waals surface area contributed by atoms with Crippen molar-refractivity contribution in [2.75, 3.05) is 26.2 Å². The summed E-state index contributed by atoms with van der Waals surface area (Å²) in [6.45, 7) is 4.20. The average Bonchev–Trinajstić information content (AvgIpc) is 3.49. The Balaban J connectivity index is 1.28. The molecule has 0 bridgehead atoms. The van der Waals surface area contributed by atoms with Gasteiger partial charge in [-0.25, -0.2) is 8.42 Å². The third-order valence-corrected chi connectivity index (χ3v) is 7.83. The smallest absolute Gasteiger partial charge is 0.243 e. The van der Waals surface area contributed by atoms with Crippen molar-refractivity contribution in [2.45, 2.75) is 36.6 Å². The fourth-order valence-electron chi connectivity index (χ4n) is 3.89. The van der Waals surface area contributed by atoms with Crippen LogP contribution in [0.4, 0.5) is 0 Å². The highest BCUT2D eigenvalue weighted by atomic mass is 32.2. The highest BCUT2D eigenvalue weighted by molar-refractivity contribution is 7.89. The number of benzene rings is 2. The van der Waals surface area contributed by atoms with E-state index in [9.17, 15) is 8.42 Å². The predicted octanol–water partition coefficient (Wildman–Crippen LogP) is 3.17. The van der Waals surface area contributed by atoms with Gasteiger partial charge in [0.1, 0.15) is 0 Å². The first-order valence-electron chi connectivity index (χ1n) is 10.1. The monoisotopic (exact) mass is 412 g/mol. The molecule has 1 aliphatic carbocycles. The summed E-state index contributed by atoms with van der Waals surface area (Å²) in [7, 11) is -3.51. The quantitative estimate of drug-likeness (QED) is 0.640. The Morgan fingerprint density at radius 1 is 1.03 bits per heavy atom. The van der Waals surface area contributed by atoms with Crippen molar-refractivity contribution in [3.05, 3.63) is 54.2 Å². The first-order chi connectivity index (χ1) is 14.0. The van der Waals surface area contributed by atoms with Crippen LogP contribution in [-0.2, 0) is 10.0 Å². The maximum atomic E-state index is 13.1. The van der Waals surface area contributed by atoms with Crippen molar-refractivity contribution in [2.24, 2.45) is 0 Å². The summed E-state index contributed by atoms with van der Waals surface area (Å²) in [5.74, 6) is 1.89. The van der Waals surface area contributed by atoms with Gasteiger partial charge in [-0.05, 0) is 42.7 Å². The SMILES string of the molecule is CC(c1nc(C2CC2)no1)N1CCN(S(=O)(=O)c2ccc3ccccc3c2)CC1. The molecule has 7 nitrogen and oxygen atoms in total. The predicted molar refractivity (Wildman–Crippen MR) is 109 cm³/mol. The molecule has 3 aromatic rings. The molecule has 1 atom stereocenters. The first-order valence-corrected chi connectivity index (χ1v) is 11.5. The molecule has 29 heavy (non-hydrogen) atoms. The molecule has 2 fully saturated rings. The Morgan fingerprint density at radius 3 is 2.48 bits per heavy atom. The number of hydrogen-bond donors (Lipinski definition) is 0. The molecule has 1 aromatic heterocycles. The van der Waals surface area contributed by atoms with Gasteiger partial charge in [0.25, 0.3) is 0 Å². The van der Waals surface area contributed by atoms with Gasteiger partial charge in [0.15, 0.2) is 5.82 Å². The van der Waals surface area contributed by atoms with E-state index in [0.29, 0.717) is 42.9 Å². The van der Waals surface area contributed by atoms with Crippen LogP contribution in [0.1, 0.15) is 43.4 Å². The van der Waals surface area contributed by atoms with E-state index in [2.05, 4.69) is 15.0 Å². The number of rotatable bonds is 5. The molecule has 0 spiro atoms. The largest absolute Gasteiger partial charge is 0.338 e. The minimum Gasteiger partial charge on any atom is -0.338 e. The molecule has 2 aliphatic rings. The Labute approximate surface area is 170 Å². The Bertz CT molecular complexity index is 1130. The summed E-state index contributed by atoms with van der Waals surface area (Å²) >= 11 is 0. The van der Waals surface area contributed by atoms with Crippen LogP contribution in [0.15, 0.2) is 51.9 Å². The highest BCUT2D eigenvalue weighted by Crippen LogP contribution is 2.38. The summed E-state index contributed by atoms with van der Waals surface area (Å²) in [5.41, 5.74) is 0. The lowest BCUT2D eigenvalue weighted by molar-refractivity contribution is 0.124. The van der Waals surface area contributed by atoms with E-state index >= 15 is 0 Å². The van der Waals surface area contributed by atoms with Gasteiger partial charge in [-0.2, -0.15) is 9.29 Å². The molecular weight excluding hydrogens is 388 g/mol. The van der Waals surface area contributed by atoms with Crippen molar-refractivity contribution < 1.29 is 12.9 Å². The maximum absolute atomic E-state index is 13.1. The van der Waals surface area contributed by atoms with Crippen LogP contribution in [-0.4, -0.2) is 53.9 Å². The molecule has 0 N–H and O–H groups in total. The number of hydrogen-bond acceptors (Lipinski definition) is 6. The van der Waals surface area contributed by atoms with E-state index in [1.165, 1.54) is 0 Å². The van der Waals surface area contributed by atoms with Crippen LogP contribution in [0, 0.1) is 0 Å². The van der Waals surface area contributed by atoms with E-state index in [0.717, 1.165) is 29.4 Å². The standard InChI is InChI=1S/C21H24N4O3S/c1-15(21-22-20(23-28-21)17-6-7-17)24-10-12-25(13-11-24)29(26,27)19-9-8-16-4-2-3-5-18(16)14-19/h2-5,8-9,14-15,17H,6-7,10-13H2,1H3. The van der Waals surface area contributed by atoms with Gasteiger partial charge in [0.2, 0.25) is 15.9 Å². The number of nitrogens with zero attached hydrogens (tertiary/aromatic N) is 4. The lowest BCUT2D eigenvalue weighted by Gasteiger charge is -2.36. The van der Waals surface area contributed by atoms with Gasteiger partial charge in [-0.1, -0.05) is 35.5 Å². The number of piperazine rings is 1. The van der Waals surface area contributed by atoms with Gasteiger partial charge in [0.05, 0.1) is 10.9 Å². The zero-order valence-electron chi connectivity index (χ0n) is 16.4. The molecule has 2 aromatic carbocycles. The third-order valence-electron chi connectivity index (χ3n) is 5.94. The van der Waals surface area contributed by atoms with Crippen molar-refractivity contribution in [1.82, 2.24) is 19.3 Å². The molecule has 1 aliphatic heterocycles. The van der Waals surface area contributed by atoms with E-state index < -0.39 is 10.0 Å². The minimum atomic E-state index is -3.51. The second kappa shape index (κ2) is 7.19. The second-order valence-corrected chi connectivity index (χ2v) is 9.83. The zero-order valence-corrected chi connectivity index (χ0v) is 17.2. The van der Waals surface area contributed by atoms with Gasteiger partial charge in [-0.3, -0.25) is 4.90 Å². The van der Waals surface area contributed by atoms with Crippen molar-refractivity contribution in [3.63, 3.8) is 0 Å². The summed E-state index contributed by atoms with van der Waals surface area (Å²) in [5, 5.41) is 6.06. The van der Waals surface area contributed by atoms with E-state index in [-0.39, 0.29) is 6.04 Å². The highest BCUT2D eigenvalue weighted by Gasteiger charge is 2.33. The van der Waals surface area contributed by atoms with Crippen molar-refractivity contribution in [1.29, 1.82) is 0 Å². The summed E-state index contributed by atoms with van der Waals surface area (Å²) in [6.07, 6.45) is 2.28. The van der Waals surface area contributed by atoms with Crippen LogP contribution >= 0.6 is 0 Å². The van der Waals surface area contributed by atoms with Crippen LogP contribution in [0.25, 0.3) is 10.8 Å². The van der Waals surface area contributed by atoms with E-state index in [1.54, 1.807) is 16.4 Å². The molecule has 8 heteroatoms. The van der Waals surface area contributed by atoms with Gasteiger partial charge < -0.3 is 4.52 Å². The number of sulfonamides is 1. The lowest BCUT2D eigenvalue weighted by atomic mass is 10.1. The topological polar surface area (TPSA) is 79.5 Å². The van der Waals surface area contributed by atoms with E-state index in [1.807, 2.05) is 37.3 Å². The normalized spacial score (nSPS) is 20.2. The fraction of sp³-hybridized carbons (Fsp3) is 0.429. The lowest BCUT2D eigenvalue weighted by Crippen LogP contribution is -2.49. The van der Waals surface area contributed by atoms with Crippen molar-refractivity contribution >= 4 is 20.8 Å². The number of aromatic nitrogens is 2. The van der Waals surface area contributed by atoms with Crippen LogP contribution in [0.5, 0.6) is 0 Å². The third kappa shape index (κ3) is 3.56. The van der Waals surface area contributed by atoms with Crippen LogP contribution in [0.3, 0.4) is 0 Å². The van der Waals surface area contributed by atoms with Crippen molar-refractivity contribution in [3.8, 4) is 0 Å². The molecule has 0 radical (unpaired) electrons. The molecule has 1 saturated carbocycles. The molecule has 2 heterocycles. The average molecular weight is 413 g/mol. The fourth-order valence-corrected chi connectivity index (χ4v) is 5.35. The zero-order chi connectivity index (χ0) is 20.0. The summed E-state index contributed by atoms with van der Waals surface area (Å²) in [6, 6.07) is 13.1. The first kappa shape index (κ1) is 18.7. The summed E-state index contributed by atoms with van der Waals surface area (Å²) in [4.78, 5) is 7.10. The molecule has 0 amide bonds. The molecule has 5 rings (SSSR count). The van der Waals surface area contributed by atoms with Crippen LogP contribution < -0.4 is 0 Å². The van der Waals surface area contributed by atoms with Gasteiger partial charge in [-0.15, -0.1) is 0 Å². The molecular formula is C21H24N4O3S. The molecule has 1 unspecified atom stereocenters. The molecule has 152 valence electrons. The molecule has 1 saturated heterocycles. The number of fused-ring (bicyclic) bond motifs is 1. The minimum absolute atomic E-state index is 0.0134. The second-order valence-electron chi connectivity index (χ2n) is 7.89. The summed E-state index contributed by atoms with van der Waals surface area (Å²) < 4.78 is 33.3. The van der Waals surface area contributed by atoms with E-state index in [4.69, 9.17) is 4.52 Å². The van der Waals surface area contributed by atoms with Gasteiger partial charge >= 0.3 is 0 Å². The Morgan fingerprint density at radius 2 is 1.76 bits per heavy atom. The Hall–Kier alpha value is -2.29. The van der Waals surface area contributed by atoms with Crippen LogP contribution in [0.2, 0.25) is 0 Å². The maximum Gasteiger partial charge on any atom is 0.243 e. The van der Waals surface area contributed by atoms with Gasteiger partial charge in [0, 0.05) is 32.1 Å². The Kier molecular flexibility index (Phi) is 4.64.